The van der Waals surface area contributed by atoms with Gasteiger partial charge in [0.1, 0.15) is 35.0 Å². The van der Waals surface area contributed by atoms with E-state index in [0.717, 1.165) is 94.4 Å². The Morgan fingerprint density at radius 2 is 1.35 bits per heavy atom. The van der Waals surface area contributed by atoms with E-state index in [4.69, 9.17) is 28.9 Å². The first-order chi connectivity index (χ1) is 34.5. The number of alkyl carbamates (subject to hydrolysis) is 2. The number of hydrogen-bond donors (Lipinski definition) is 2. The lowest BCUT2D eigenvalue weighted by Crippen LogP contribution is -2.53. The van der Waals surface area contributed by atoms with Crippen LogP contribution in [-0.4, -0.2) is 107 Å². The van der Waals surface area contributed by atoms with Crippen LogP contribution >= 0.6 is 0 Å². The zero-order valence-electron chi connectivity index (χ0n) is 42.3. The molecule has 5 atom stereocenters. The molecule has 6 aliphatic heterocycles. The number of nitrogens with zero attached hydrogens (tertiary/aromatic N) is 5. The SMILES string of the molecule is COC(=O)N[C@H](C(=O)N1CCC[C@H]1C1=NC=C(c2cc(F)c3c(c2)OC(c2ccc4c(c2)CCC(C)(C)O4)n2c-3cc3cc(C4=CN=C([C@@H]5CCCN5C(=O)[C@@H](NC(=O)OC)C(C)C)C4)ccc32)C1)C(C)C. The number of likely N-dealkylation sites (tertiary alicyclic amines) is 2. The van der Waals surface area contributed by atoms with Crippen LogP contribution in [0, 0.1) is 17.7 Å². The second kappa shape index (κ2) is 19.2. The fourth-order valence-electron chi connectivity index (χ4n) is 11.4. The van der Waals surface area contributed by atoms with Crippen LogP contribution in [-0.2, 0) is 25.5 Å². The van der Waals surface area contributed by atoms with E-state index in [1.807, 2.05) is 68.0 Å². The van der Waals surface area contributed by atoms with Crippen molar-refractivity contribution in [3.63, 3.8) is 0 Å². The third-order valence-electron chi connectivity index (χ3n) is 15.3. The van der Waals surface area contributed by atoms with Gasteiger partial charge in [0.15, 0.2) is 0 Å². The maximum atomic E-state index is 17.1. The molecule has 3 aromatic carbocycles. The molecule has 2 N–H and O–H groups in total. The fraction of sp³-hybridized carbons (Fsp3) is 0.464. The number of allylic oxidation sites excluding steroid dienone is 2. The quantitative estimate of drug-likeness (QED) is 0.150. The Hall–Kier alpha value is -6.97. The van der Waals surface area contributed by atoms with Gasteiger partial charge in [-0.1, -0.05) is 33.8 Å². The number of halogens is 1. The molecule has 2 fully saturated rings. The number of amides is 4. The summed E-state index contributed by atoms with van der Waals surface area (Å²) in [7, 11) is 2.57. The molecule has 0 spiro atoms. The van der Waals surface area contributed by atoms with Gasteiger partial charge in [0.05, 0.1) is 43.1 Å². The lowest BCUT2D eigenvalue weighted by Gasteiger charge is -2.34. The monoisotopic (exact) mass is 981 g/mol. The average molecular weight is 982 g/mol. The number of aliphatic imine (C=N–C) groups is 2. The molecular formula is C56H64FN7O8. The van der Waals surface area contributed by atoms with Crippen LogP contribution in [0.3, 0.4) is 0 Å². The van der Waals surface area contributed by atoms with E-state index in [1.165, 1.54) is 14.2 Å². The predicted octanol–water partition coefficient (Wildman–Crippen LogP) is 9.60. The normalized spacial score (nSPS) is 21.7. The second-order valence-electron chi connectivity index (χ2n) is 21.2. The molecule has 0 radical (unpaired) electrons. The maximum Gasteiger partial charge on any atom is 0.407 e. The maximum absolute atomic E-state index is 17.1. The minimum Gasteiger partial charge on any atom is -0.488 e. The van der Waals surface area contributed by atoms with Crippen LogP contribution in [0.4, 0.5) is 14.0 Å². The van der Waals surface area contributed by atoms with Crippen molar-refractivity contribution in [1.82, 2.24) is 25.0 Å². The molecular weight excluding hydrogens is 918 g/mol. The summed E-state index contributed by atoms with van der Waals surface area (Å²) in [6.07, 6.45) is 7.56. The summed E-state index contributed by atoms with van der Waals surface area (Å²) in [6, 6.07) is 16.0. The highest BCUT2D eigenvalue weighted by Gasteiger charge is 2.41. The van der Waals surface area contributed by atoms with Crippen molar-refractivity contribution in [2.75, 3.05) is 27.3 Å². The van der Waals surface area contributed by atoms with Crippen LogP contribution in [0.2, 0.25) is 0 Å². The molecule has 16 heteroatoms. The number of rotatable bonds is 11. The fourth-order valence-corrected chi connectivity index (χ4v) is 11.4. The van der Waals surface area contributed by atoms with Crippen molar-refractivity contribution in [1.29, 1.82) is 0 Å². The van der Waals surface area contributed by atoms with E-state index < -0.39 is 36.3 Å². The number of hydrogen-bond acceptors (Lipinski definition) is 10. The Morgan fingerprint density at radius 1 is 0.750 bits per heavy atom. The van der Waals surface area contributed by atoms with Crippen LogP contribution in [0.5, 0.6) is 11.5 Å². The number of benzene rings is 3. The first kappa shape index (κ1) is 48.6. The summed E-state index contributed by atoms with van der Waals surface area (Å²) in [5.41, 5.74) is 8.81. The van der Waals surface area contributed by atoms with E-state index in [-0.39, 0.29) is 41.3 Å². The first-order valence-corrected chi connectivity index (χ1v) is 25.3. The second-order valence-corrected chi connectivity index (χ2v) is 21.2. The van der Waals surface area contributed by atoms with Crippen LogP contribution in [0.25, 0.3) is 33.3 Å². The van der Waals surface area contributed by atoms with E-state index in [0.29, 0.717) is 48.5 Å². The van der Waals surface area contributed by atoms with Gasteiger partial charge in [-0.15, -0.1) is 0 Å². The van der Waals surface area contributed by atoms with Gasteiger partial charge >= 0.3 is 12.2 Å². The minimum atomic E-state index is -0.750. The van der Waals surface area contributed by atoms with Crippen LogP contribution < -0.4 is 20.1 Å². The predicted molar refractivity (Wildman–Crippen MR) is 273 cm³/mol. The van der Waals surface area contributed by atoms with Crippen molar-refractivity contribution < 1.29 is 42.5 Å². The molecule has 0 saturated carbocycles. The highest BCUT2D eigenvalue weighted by atomic mass is 19.1. The molecule has 2 saturated heterocycles. The third kappa shape index (κ3) is 9.01. The van der Waals surface area contributed by atoms with Crippen molar-refractivity contribution in [3.8, 4) is 22.8 Å². The molecule has 0 aliphatic carbocycles. The number of aromatic nitrogens is 1. The van der Waals surface area contributed by atoms with Gasteiger partial charge < -0.3 is 43.9 Å². The van der Waals surface area contributed by atoms with Gasteiger partial charge in [0.2, 0.25) is 18.0 Å². The number of carbonyl (C=O) groups excluding carboxylic acids is 4. The standard InChI is InChI=1S/C56H64FN7O8/c1-30(2)49(60-54(67)69-7)51(65)62-19-9-11-43(62)40-24-37(28-58-40)32-13-15-42-36(21-32)26-45-48-39(57)23-35(27-47(48)71-53(64(42)45)34-14-16-46-33(22-34)17-18-56(5,6)72-46)38-25-41(59-29-38)44-12-10-20-63(44)52(66)50(31(3)4)61-55(68)70-8/h13-16,21-23,26-31,43-44,49-50,53H,9-12,17-20,24-25H2,1-8H3,(H,60,67)(H,61,68)/t43-,44-,49-,50-,53?/m0/s1. The molecule has 72 heavy (non-hydrogen) atoms. The van der Waals surface area contributed by atoms with Gasteiger partial charge in [-0.3, -0.25) is 19.6 Å². The summed E-state index contributed by atoms with van der Waals surface area (Å²) in [5.74, 6) is 0.213. The largest absolute Gasteiger partial charge is 0.488 e. The smallest absolute Gasteiger partial charge is 0.407 e. The summed E-state index contributed by atoms with van der Waals surface area (Å²) >= 11 is 0. The van der Waals surface area contributed by atoms with Crippen LogP contribution in [0.1, 0.15) is 115 Å². The molecule has 4 aromatic rings. The lowest BCUT2D eigenvalue weighted by atomic mass is 9.93. The summed E-state index contributed by atoms with van der Waals surface area (Å²) in [4.78, 5) is 65.5. The van der Waals surface area contributed by atoms with E-state index in [1.54, 1.807) is 12.3 Å². The van der Waals surface area contributed by atoms with Gasteiger partial charge in [-0.25, -0.2) is 14.0 Å². The molecule has 1 unspecified atom stereocenters. The van der Waals surface area contributed by atoms with Gasteiger partial charge in [0, 0.05) is 60.7 Å². The number of methoxy groups -OCH3 is 2. The number of aryl methyl sites for hydroxylation is 1. The highest BCUT2D eigenvalue weighted by molar-refractivity contribution is 6.06. The number of nitrogens with one attached hydrogen (secondary N) is 2. The Kier molecular flexibility index (Phi) is 13.0. The van der Waals surface area contributed by atoms with Gasteiger partial charge in [-0.05, 0) is 141 Å². The minimum absolute atomic E-state index is 0.137. The third-order valence-corrected chi connectivity index (χ3v) is 15.3. The number of ether oxygens (including phenoxy) is 4. The zero-order chi connectivity index (χ0) is 50.7. The Balaban J connectivity index is 0.941. The van der Waals surface area contributed by atoms with Gasteiger partial charge in [0.25, 0.3) is 0 Å². The average Bonchev–Trinajstić information content (AvgIpc) is 4.22. The van der Waals surface area contributed by atoms with Crippen molar-refractivity contribution >= 4 is 57.5 Å². The molecule has 378 valence electrons. The highest BCUT2D eigenvalue weighted by Crippen LogP contribution is 2.48. The topological polar surface area (TPSA) is 165 Å². The van der Waals surface area contributed by atoms with E-state index in [2.05, 4.69) is 53.3 Å². The molecule has 15 nitrogen and oxygen atoms in total. The van der Waals surface area contributed by atoms with Crippen molar-refractivity contribution in [2.24, 2.45) is 21.8 Å². The Bertz CT molecular complexity index is 3000. The molecule has 0 bridgehead atoms. The summed E-state index contributed by atoms with van der Waals surface area (Å²) < 4.78 is 42.2. The summed E-state index contributed by atoms with van der Waals surface area (Å²) in [5, 5.41) is 6.35. The molecule has 4 amide bonds. The van der Waals surface area contributed by atoms with E-state index >= 15 is 4.39 Å². The zero-order valence-corrected chi connectivity index (χ0v) is 42.3. The van der Waals surface area contributed by atoms with Gasteiger partial charge in [-0.2, -0.15) is 0 Å². The molecule has 1 aromatic heterocycles. The molecule has 6 aliphatic rings. The van der Waals surface area contributed by atoms with Crippen LogP contribution in [0.15, 0.2) is 77.0 Å². The molecule has 7 heterocycles. The lowest BCUT2D eigenvalue weighted by molar-refractivity contribution is -0.134. The van der Waals surface area contributed by atoms with Crippen molar-refractivity contribution in [3.05, 3.63) is 95.1 Å². The number of carbonyl (C=O) groups is 4. The Morgan fingerprint density at radius 3 is 1.93 bits per heavy atom. The number of fused-ring (bicyclic) bond motifs is 6. The van der Waals surface area contributed by atoms with E-state index in [9.17, 15) is 19.2 Å². The first-order valence-electron chi connectivity index (χ1n) is 25.3. The van der Waals surface area contributed by atoms with Crippen molar-refractivity contribution in [2.45, 2.75) is 129 Å². The molecule has 10 rings (SSSR count). The Labute approximate surface area is 419 Å². The summed E-state index contributed by atoms with van der Waals surface area (Å²) in [6.45, 7) is 12.9.